The Morgan fingerprint density at radius 3 is 2.67 bits per heavy atom. The summed E-state index contributed by atoms with van der Waals surface area (Å²) < 4.78 is 10.4. The second-order valence-electron chi connectivity index (χ2n) is 4.23. The molecule has 0 aromatic heterocycles. The fourth-order valence-corrected chi connectivity index (χ4v) is 2.77. The van der Waals surface area contributed by atoms with Crippen molar-refractivity contribution in [2.45, 2.75) is 0 Å². The molecule has 1 aliphatic rings. The summed E-state index contributed by atoms with van der Waals surface area (Å²) in [6, 6.07) is 5.25. The van der Waals surface area contributed by atoms with Gasteiger partial charge in [0.1, 0.15) is 11.5 Å². The van der Waals surface area contributed by atoms with Gasteiger partial charge in [0, 0.05) is 18.7 Å². The van der Waals surface area contributed by atoms with Crippen LogP contribution in [0.5, 0.6) is 11.5 Å². The Labute approximate surface area is 126 Å². The van der Waals surface area contributed by atoms with Crippen molar-refractivity contribution in [2.24, 2.45) is 5.73 Å². The summed E-state index contributed by atoms with van der Waals surface area (Å²) in [5.41, 5.74) is 6.08. The topological polar surface area (TPSA) is 81.9 Å². The SMILES string of the molecule is COc1ccc(OC)c(/C=C2/SC(=O)N(CCN)C2=O)c1. The summed E-state index contributed by atoms with van der Waals surface area (Å²) in [6.07, 6.45) is 1.63. The zero-order valence-electron chi connectivity index (χ0n) is 11.8. The summed E-state index contributed by atoms with van der Waals surface area (Å²) >= 11 is 0.896. The third-order valence-corrected chi connectivity index (χ3v) is 3.86. The second-order valence-corrected chi connectivity index (χ2v) is 5.22. The Balaban J connectivity index is 2.35. The molecular formula is C14H16N2O4S. The number of thioether (sulfide) groups is 1. The van der Waals surface area contributed by atoms with Gasteiger partial charge >= 0.3 is 0 Å². The zero-order valence-corrected chi connectivity index (χ0v) is 12.6. The van der Waals surface area contributed by atoms with Crippen LogP contribution in [-0.4, -0.2) is 43.4 Å². The van der Waals surface area contributed by atoms with Crippen LogP contribution in [0.15, 0.2) is 23.1 Å². The molecule has 0 spiro atoms. The van der Waals surface area contributed by atoms with E-state index in [-0.39, 0.29) is 24.2 Å². The second kappa shape index (κ2) is 6.64. The lowest BCUT2D eigenvalue weighted by Gasteiger charge is -2.10. The molecule has 0 unspecified atom stereocenters. The minimum atomic E-state index is -0.333. The monoisotopic (exact) mass is 308 g/mol. The third kappa shape index (κ3) is 3.20. The minimum Gasteiger partial charge on any atom is -0.497 e. The first-order valence-electron chi connectivity index (χ1n) is 6.28. The summed E-state index contributed by atoms with van der Waals surface area (Å²) in [7, 11) is 3.10. The Kier molecular flexibility index (Phi) is 4.87. The number of nitrogens with zero attached hydrogens (tertiary/aromatic N) is 1. The number of amides is 2. The third-order valence-electron chi connectivity index (χ3n) is 2.95. The number of nitrogens with two attached hydrogens (primary N) is 1. The summed E-state index contributed by atoms with van der Waals surface area (Å²) in [5, 5.41) is -0.307. The molecule has 2 N–H and O–H groups in total. The van der Waals surface area contributed by atoms with E-state index in [0.29, 0.717) is 22.0 Å². The lowest BCUT2D eigenvalue weighted by Crippen LogP contribution is -2.33. The van der Waals surface area contributed by atoms with Gasteiger partial charge in [-0.15, -0.1) is 0 Å². The van der Waals surface area contributed by atoms with Crippen LogP contribution in [0.4, 0.5) is 4.79 Å². The van der Waals surface area contributed by atoms with Crippen LogP contribution in [0.3, 0.4) is 0 Å². The highest BCUT2D eigenvalue weighted by Crippen LogP contribution is 2.34. The molecule has 1 aliphatic heterocycles. The Hall–Kier alpha value is -1.99. The standard InChI is InChI=1S/C14H16N2O4S/c1-19-10-3-4-11(20-2)9(7-10)8-12-13(17)16(6-5-15)14(18)21-12/h3-4,7-8H,5-6,15H2,1-2H3/b12-8+. The highest BCUT2D eigenvalue weighted by atomic mass is 32.2. The van der Waals surface area contributed by atoms with Gasteiger partial charge in [0.2, 0.25) is 0 Å². The lowest BCUT2D eigenvalue weighted by molar-refractivity contribution is -0.122. The average Bonchev–Trinajstić information content (AvgIpc) is 2.75. The molecule has 6 nitrogen and oxygen atoms in total. The number of hydrogen-bond donors (Lipinski definition) is 1. The van der Waals surface area contributed by atoms with E-state index in [1.54, 1.807) is 38.5 Å². The predicted molar refractivity (Wildman–Crippen MR) is 81.3 cm³/mol. The van der Waals surface area contributed by atoms with Crippen molar-refractivity contribution < 1.29 is 19.1 Å². The molecule has 1 aromatic rings. The van der Waals surface area contributed by atoms with Gasteiger partial charge in [-0.05, 0) is 36.0 Å². The van der Waals surface area contributed by atoms with E-state index < -0.39 is 0 Å². The van der Waals surface area contributed by atoms with Gasteiger partial charge in [-0.1, -0.05) is 0 Å². The van der Waals surface area contributed by atoms with Gasteiger partial charge in [0.15, 0.2) is 0 Å². The Bertz CT molecular complexity index is 601. The molecule has 21 heavy (non-hydrogen) atoms. The molecule has 0 bridgehead atoms. The first-order valence-corrected chi connectivity index (χ1v) is 7.09. The molecule has 1 heterocycles. The number of imide groups is 1. The summed E-state index contributed by atoms with van der Waals surface area (Å²) in [4.78, 5) is 25.4. The molecule has 1 fully saturated rings. The normalized spacial score (nSPS) is 16.7. The van der Waals surface area contributed by atoms with E-state index in [0.717, 1.165) is 16.7 Å². The highest BCUT2D eigenvalue weighted by molar-refractivity contribution is 8.18. The molecule has 1 aromatic carbocycles. The van der Waals surface area contributed by atoms with Crippen molar-refractivity contribution in [1.29, 1.82) is 0 Å². The first-order chi connectivity index (χ1) is 10.1. The molecular weight excluding hydrogens is 292 g/mol. The Morgan fingerprint density at radius 2 is 2.05 bits per heavy atom. The number of ether oxygens (including phenoxy) is 2. The number of rotatable bonds is 5. The maximum absolute atomic E-state index is 12.2. The molecule has 0 radical (unpaired) electrons. The van der Waals surface area contributed by atoms with Crippen molar-refractivity contribution in [3.8, 4) is 11.5 Å². The molecule has 0 atom stereocenters. The van der Waals surface area contributed by atoms with Crippen molar-refractivity contribution in [2.75, 3.05) is 27.3 Å². The smallest absolute Gasteiger partial charge is 0.293 e. The maximum atomic E-state index is 12.2. The number of methoxy groups -OCH3 is 2. The maximum Gasteiger partial charge on any atom is 0.293 e. The molecule has 0 aliphatic carbocycles. The summed E-state index contributed by atoms with van der Waals surface area (Å²) in [6.45, 7) is 0.463. The van der Waals surface area contributed by atoms with Crippen molar-refractivity contribution in [3.05, 3.63) is 28.7 Å². The molecule has 0 saturated carbocycles. The van der Waals surface area contributed by atoms with E-state index in [4.69, 9.17) is 15.2 Å². The van der Waals surface area contributed by atoms with Crippen LogP contribution in [0, 0.1) is 0 Å². The Morgan fingerprint density at radius 1 is 1.29 bits per heavy atom. The predicted octanol–water partition coefficient (Wildman–Crippen LogP) is 1.70. The number of hydrogen-bond acceptors (Lipinski definition) is 6. The van der Waals surface area contributed by atoms with Gasteiger partial charge in [-0.3, -0.25) is 14.5 Å². The van der Waals surface area contributed by atoms with E-state index in [9.17, 15) is 9.59 Å². The summed E-state index contributed by atoms with van der Waals surface area (Å²) in [5.74, 6) is 0.907. The van der Waals surface area contributed by atoms with E-state index in [1.807, 2.05) is 0 Å². The van der Waals surface area contributed by atoms with Crippen LogP contribution < -0.4 is 15.2 Å². The molecule has 112 valence electrons. The zero-order chi connectivity index (χ0) is 15.4. The van der Waals surface area contributed by atoms with Crippen molar-refractivity contribution in [1.82, 2.24) is 4.90 Å². The van der Waals surface area contributed by atoms with Crippen LogP contribution in [0.25, 0.3) is 6.08 Å². The van der Waals surface area contributed by atoms with Crippen LogP contribution in [0.1, 0.15) is 5.56 Å². The quantitative estimate of drug-likeness (QED) is 0.834. The van der Waals surface area contributed by atoms with Gasteiger partial charge in [-0.25, -0.2) is 0 Å². The van der Waals surface area contributed by atoms with Gasteiger partial charge in [0.05, 0.1) is 19.1 Å². The van der Waals surface area contributed by atoms with E-state index >= 15 is 0 Å². The van der Waals surface area contributed by atoms with E-state index in [1.165, 1.54) is 0 Å². The fourth-order valence-electron chi connectivity index (χ4n) is 1.92. The first kappa shape index (κ1) is 15.4. The van der Waals surface area contributed by atoms with Crippen molar-refractivity contribution >= 4 is 29.0 Å². The number of benzene rings is 1. The number of carbonyl (C=O) groups excluding carboxylic acids is 2. The van der Waals surface area contributed by atoms with Crippen LogP contribution in [-0.2, 0) is 4.79 Å². The molecule has 2 amide bonds. The van der Waals surface area contributed by atoms with E-state index in [2.05, 4.69) is 0 Å². The van der Waals surface area contributed by atoms with Gasteiger partial charge in [0.25, 0.3) is 11.1 Å². The van der Waals surface area contributed by atoms with Crippen LogP contribution in [0.2, 0.25) is 0 Å². The van der Waals surface area contributed by atoms with Crippen LogP contribution >= 0.6 is 11.8 Å². The minimum absolute atomic E-state index is 0.219. The molecule has 7 heteroatoms. The highest BCUT2D eigenvalue weighted by Gasteiger charge is 2.34. The lowest BCUT2D eigenvalue weighted by atomic mass is 10.1. The van der Waals surface area contributed by atoms with Crippen molar-refractivity contribution in [3.63, 3.8) is 0 Å². The average molecular weight is 308 g/mol. The van der Waals surface area contributed by atoms with Gasteiger partial charge < -0.3 is 15.2 Å². The molecule has 1 saturated heterocycles. The van der Waals surface area contributed by atoms with Gasteiger partial charge in [-0.2, -0.15) is 0 Å². The largest absolute Gasteiger partial charge is 0.497 e. The number of carbonyl (C=O) groups is 2. The molecule has 2 rings (SSSR count). The fraction of sp³-hybridized carbons (Fsp3) is 0.286.